The predicted octanol–water partition coefficient (Wildman–Crippen LogP) is 2.67. The Morgan fingerprint density at radius 2 is 2.15 bits per heavy atom. The molecule has 1 saturated carbocycles. The lowest BCUT2D eigenvalue weighted by molar-refractivity contribution is 0.411. The number of nitrogens with one attached hydrogen (secondary N) is 1. The van der Waals surface area contributed by atoms with Crippen molar-refractivity contribution in [1.29, 1.82) is 0 Å². The molecule has 112 valence electrons. The first-order chi connectivity index (χ1) is 9.69. The molecule has 5 heteroatoms. The van der Waals surface area contributed by atoms with Crippen LogP contribution in [-0.4, -0.2) is 17.0 Å². The van der Waals surface area contributed by atoms with E-state index in [-0.39, 0.29) is 0 Å². The molecule has 0 aromatic carbocycles. The number of oxazole rings is 1. The minimum atomic E-state index is 0.466. The van der Waals surface area contributed by atoms with Crippen molar-refractivity contribution in [2.24, 2.45) is 10.7 Å². The molecule has 0 amide bonds. The van der Waals surface area contributed by atoms with E-state index in [0.29, 0.717) is 18.5 Å². The molecule has 0 bridgehead atoms. The maximum Gasteiger partial charge on any atom is 0.194 e. The summed E-state index contributed by atoms with van der Waals surface area (Å²) in [7, 11) is 0. The summed E-state index contributed by atoms with van der Waals surface area (Å²) in [5, 5.41) is 3.31. The van der Waals surface area contributed by atoms with E-state index in [1.54, 1.807) is 0 Å². The first-order valence-electron chi connectivity index (χ1n) is 7.70. The second kappa shape index (κ2) is 7.31. The van der Waals surface area contributed by atoms with Gasteiger partial charge in [0.25, 0.3) is 0 Å². The quantitative estimate of drug-likeness (QED) is 0.641. The van der Waals surface area contributed by atoms with E-state index in [2.05, 4.69) is 22.2 Å². The van der Waals surface area contributed by atoms with Gasteiger partial charge < -0.3 is 15.5 Å². The molecule has 0 radical (unpaired) electrons. The van der Waals surface area contributed by atoms with Crippen LogP contribution in [0, 0.1) is 6.92 Å². The van der Waals surface area contributed by atoms with Gasteiger partial charge in [0.1, 0.15) is 12.3 Å². The molecule has 1 aromatic rings. The molecule has 0 atom stereocenters. The molecule has 1 heterocycles. The van der Waals surface area contributed by atoms with Gasteiger partial charge in [0, 0.05) is 12.5 Å². The van der Waals surface area contributed by atoms with E-state index in [9.17, 15) is 0 Å². The fraction of sp³-hybridized carbons (Fsp3) is 0.733. The van der Waals surface area contributed by atoms with Crippen LogP contribution in [-0.2, 0) is 13.0 Å². The number of hydrogen-bond donors (Lipinski definition) is 2. The summed E-state index contributed by atoms with van der Waals surface area (Å²) >= 11 is 0. The highest BCUT2D eigenvalue weighted by molar-refractivity contribution is 5.78. The fourth-order valence-electron chi connectivity index (χ4n) is 2.61. The van der Waals surface area contributed by atoms with Gasteiger partial charge in [-0.15, -0.1) is 0 Å². The molecule has 20 heavy (non-hydrogen) atoms. The molecule has 0 saturated heterocycles. The van der Waals surface area contributed by atoms with Crippen LogP contribution in [0.2, 0.25) is 0 Å². The Morgan fingerprint density at radius 1 is 1.40 bits per heavy atom. The zero-order valence-corrected chi connectivity index (χ0v) is 12.6. The van der Waals surface area contributed by atoms with E-state index < -0.39 is 0 Å². The maximum absolute atomic E-state index is 5.94. The first kappa shape index (κ1) is 14.9. The van der Waals surface area contributed by atoms with Crippen LogP contribution >= 0.6 is 0 Å². The van der Waals surface area contributed by atoms with Gasteiger partial charge in [-0.25, -0.2) is 9.98 Å². The molecular formula is C15H26N4O. The average molecular weight is 278 g/mol. The Morgan fingerprint density at radius 3 is 2.85 bits per heavy atom. The monoisotopic (exact) mass is 278 g/mol. The van der Waals surface area contributed by atoms with Gasteiger partial charge in [-0.05, 0) is 26.2 Å². The van der Waals surface area contributed by atoms with Gasteiger partial charge in [0.2, 0.25) is 0 Å². The summed E-state index contributed by atoms with van der Waals surface area (Å²) < 4.78 is 5.69. The van der Waals surface area contributed by atoms with Gasteiger partial charge in [-0.2, -0.15) is 0 Å². The molecule has 3 N–H and O–H groups in total. The van der Waals surface area contributed by atoms with Crippen molar-refractivity contribution in [2.45, 2.75) is 71.4 Å². The van der Waals surface area contributed by atoms with Crippen LogP contribution in [0.3, 0.4) is 0 Å². The standard InChI is InChI=1S/C15H26N4O/c1-3-7-14-18-11(2)13(20-14)10-17-15(16)19-12-8-5-4-6-9-12/h12H,3-10H2,1-2H3,(H3,16,17,19). The van der Waals surface area contributed by atoms with Crippen molar-refractivity contribution < 1.29 is 4.42 Å². The van der Waals surface area contributed by atoms with Crippen LogP contribution in [0.5, 0.6) is 0 Å². The van der Waals surface area contributed by atoms with E-state index in [4.69, 9.17) is 10.2 Å². The lowest BCUT2D eigenvalue weighted by atomic mass is 9.96. The smallest absolute Gasteiger partial charge is 0.194 e. The van der Waals surface area contributed by atoms with Gasteiger partial charge in [-0.3, -0.25) is 0 Å². The van der Waals surface area contributed by atoms with Crippen LogP contribution in [0.4, 0.5) is 0 Å². The second-order valence-corrected chi connectivity index (χ2v) is 5.55. The molecule has 0 aliphatic heterocycles. The summed E-state index contributed by atoms with van der Waals surface area (Å²) in [5.74, 6) is 2.14. The van der Waals surface area contributed by atoms with Crippen LogP contribution in [0.1, 0.15) is 62.8 Å². The number of guanidine groups is 1. The van der Waals surface area contributed by atoms with E-state index in [1.807, 2.05) is 6.92 Å². The molecule has 1 aliphatic carbocycles. The molecule has 1 aromatic heterocycles. The molecule has 2 rings (SSSR count). The molecule has 5 nitrogen and oxygen atoms in total. The van der Waals surface area contributed by atoms with E-state index in [0.717, 1.165) is 30.2 Å². The summed E-state index contributed by atoms with van der Waals surface area (Å²) in [6.45, 7) is 4.54. The Hall–Kier alpha value is -1.52. The minimum Gasteiger partial charge on any atom is -0.443 e. The average Bonchev–Trinajstić information content (AvgIpc) is 2.78. The van der Waals surface area contributed by atoms with Gasteiger partial charge in [-0.1, -0.05) is 26.2 Å². The summed E-state index contributed by atoms with van der Waals surface area (Å²) in [6.07, 6.45) is 8.20. The maximum atomic E-state index is 5.94. The molecule has 0 spiro atoms. The predicted molar refractivity (Wildman–Crippen MR) is 80.6 cm³/mol. The number of rotatable bonds is 5. The van der Waals surface area contributed by atoms with E-state index in [1.165, 1.54) is 32.1 Å². The topological polar surface area (TPSA) is 76.4 Å². The van der Waals surface area contributed by atoms with Gasteiger partial charge in [0.05, 0.1) is 5.69 Å². The van der Waals surface area contributed by atoms with Crippen molar-refractivity contribution in [3.8, 4) is 0 Å². The van der Waals surface area contributed by atoms with Gasteiger partial charge in [0.15, 0.2) is 11.9 Å². The van der Waals surface area contributed by atoms with Crippen molar-refractivity contribution >= 4 is 5.96 Å². The number of hydrogen-bond acceptors (Lipinski definition) is 3. The van der Waals surface area contributed by atoms with E-state index >= 15 is 0 Å². The zero-order chi connectivity index (χ0) is 14.4. The van der Waals surface area contributed by atoms with Crippen LogP contribution in [0.25, 0.3) is 0 Å². The lowest BCUT2D eigenvalue weighted by Gasteiger charge is -2.23. The fourth-order valence-corrected chi connectivity index (χ4v) is 2.61. The Kier molecular flexibility index (Phi) is 5.44. The minimum absolute atomic E-state index is 0.466. The van der Waals surface area contributed by atoms with Crippen molar-refractivity contribution in [2.75, 3.05) is 0 Å². The molecule has 0 unspecified atom stereocenters. The van der Waals surface area contributed by atoms with Crippen LogP contribution in [0.15, 0.2) is 9.41 Å². The van der Waals surface area contributed by atoms with Gasteiger partial charge >= 0.3 is 0 Å². The van der Waals surface area contributed by atoms with Crippen LogP contribution < -0.4 is 11.1 Å². The molecule has 1 aliphatic rings. The number of nitrogens with zero attached hydrogens (tertiary/aromatic N) is 2. The molecular weight excluding hydrogens is 252 g/mol. The lowest BCUT2D eigenvalue weighted by Crippen LogP contribution is -2.41. The summed E-state index contributed by atoms with van der Waals surface area (Å²) in [6, 6.07) is 0.485. The third-order valence-corrected chi connectivity index (χ3v) is 3.75. The number of nitrogens with two attached hydrogens (primary N) is 1. The Labute approximate surface area is 121 Å². The van der Waals surface area contributed by atoms with Crippen molar-refractivity contribution in [3.05, 3.63) is 17.3 Å². The first-order valence-corrected chi connectivity index (χ1v) is 7.70. The number of aromatic nitrogens is 1. The highest BCUT2D eigenvalue weighted by Crippen LogP contribution is 2.17. The third kappa shape index (κ3) is 4.25. The molecule has 1 fully saturated rings. The third-order valence-electron chi connectivity index (χ3n) is 3.75. The largest absolute Gasteiger partial charge is 0.443 e. The highest BCUT2D eigenvalue weighted by Gasteiger charge is 2.14. The highest BCUT2D eigenvalue weighted by atomic mass is 16.4. The normalized spacial score (nSPS) is 17.4. The summed E-state index contributed by atoms with van der Waals surface area (Å²) in [4.78, 5) is 8.77. The SMILES string of the molecule is CCCc1nc(C)c(CN=C(N)NC2CCCCC2)o1. The van der Waals surface area contributed by atoms with Crippen molar-refractivity contribution in [1.82, 2.24) is 10.3 Å². The van der Waals surface area contributed by atoms with Crippen molar-refractivity contribution in [3.63, 3.8) is 0 Å². The summed E-state index contributed by atoms with van der Waals surface area (Å²) in [5.41, 5.74) is 6.86. The number of aliphatic imine (C=N–C) groups is 1. The second-order valence-electron chi connectivity index (χ2n) is 5.55. The zero-order valence-electron chi connectivity index (χ0n) is 12.6. The Balaban J connectivity index is 1.87. The Bertz CT molecular complexity index is 447. The number of aryl methyl sites for hydroxylation is 2.